The molecule has 4 nitrogen and oxygen atoms in total. The lowest BCUT2D eigenvalue weighted by Gasteiger charge is -2.05. The average Bonchev–Trinajstić information content (AvgIpc) is 2.93. The predicted octanol–water partition coefficient (Wildman–Crippen LogP) is 2.95. The summed E-state index contributed by atoms with van der Waals surface area (Å²) in [6, 6.07) is 10.4. The molecule has 1 aromatic carbocycles. The molecular weight excluding hydrogens is 282 g/mol. The van der Waals surface area contributed by atoms with Crippen molar-refractivity contribution in [1.82, 2.24) is 0 Å². The van der Waals surface area contributed by atoms with Gasteiger partial charge in [-0.1, -0.05) is 18.2 Å². The number of benzene rings is 1. The largest absolute Gasteiger partial charge is 0.493 e. The van der Waals surface area contributed by atoms with Crippen LogP contribution in [0.4, 0.5) is 0 Å². The van der Waals surface area contributed by atoms with Crippen LogP contribution >= 0.6 is 11.3 Å². The molecule has 0 aliphatic rings. The fraction of sp³-hybridized carbons (Fsp3) is 0.154. The summed E-state index contributed by atoms with van der Waals surface area (Å²) in [6.07, 6.45) is 1.32. The molecule has 0 saturated carbocycles. The van der Waals surface area contributed by atoms with E-state index in [4.69, 9.17) is 4.74 Å². The highest BCUT2D eigenvalue weighted by Crippen LogP contribution is 2.20. The highest BCUT2D eigenvalue weighted by atomic mass is 32.2. The molecule has 0 fully saturated rings. The van der Waals surface area contributed by atoms with Crippen LogP contribution in [0.1, 0.15) is 12.5 Å². The minimum atomic E-state index is -3.61. The van der Waals surface area contributed by atoms with E-state index >= 15 is 0 Å². The number of ether oxygens (including phenoxy) is 1. The predicted molar refractivity (Wildman–Crippen MR) is 76.7 cm³/mol. The Morgan fingerprint density at radius 2 is 2.05 bits per heavy atom. The molecule has 0 aliphatic heterocycles. The molecule has 1 heterocycles. The molecule has 0 N–H and O–H groups in total. The van der Waals surface area contributed by atoms with Gasteiger partial charge in [-0.2, -0.15) is 12.8 Å². The second-order valence-electron chi connectivity index (χ2n) is 3.61. The zero-order valence-electron chi connectivity index (χ0n) is 10.3. The number of hydrogen-bond acceptors (Lipinski definition) is 4. The minimum absolute atomic E-state index is 0.234. The van der Waals surface area contributed by atoms with Gasteiger partial charge < -0.3 is 4.74 Å². The van der Waals surface area contributed by atoms with Crippen LogP contribution in [0.3, 0.4) is 0 Å². The maximum absolute atomic E-state index is 11.9. The van der Waals surface area contributed by atoms with Crippen molar-refractivity contribution in [3.8, 4) is 5.75 Å². The van der Waals surface area contributed by atoms with Crippen LogP contribution in [0.2, 0.25) is 0 Å². The summed E-state index contributed by atoms with van der Waals surface area (Å²) < 4.78 is 33.1. The second-order valence-corrected chi connectivity index (χ2v) is 6.42. The molecule has 2 aromatic rings. The van der Waals surface area contributed by atoms with Crippen LogP contribution < -0.4 is 4.74 Å². The molecule has 19 heavy (non-hydrogen) atoms. The van der Waals surface area contributed by atoms with Crippen molar-refractivity contribution in [3.05, 3.63) is 47.3 Å². The first kappa shape index (κ1) is 13.8. The molecule has 6 heteroatoms. The quantitative estimate of drug-likeness (QED) is 0.797. The van der Waals surface area contributed by atoms with E-state index in [1.807, 2.05) is 19.1 Å². The van der Waals surface area contributed by atoms with Gasteiger partial charge in [0, 0.05) is 5.56 Å². The maximum atomic E-state index is 11.9. The Labute approximate surface area is 116 Å². The van der Waals surface area contributed by atoms with Gasteiger partial charge in [0.25, 0.3) is 10.0 Å². The molecule has 0 radical (unpaired) electrons. The molecule has 0 atom stereocenters. The Bertz CT molecular complexity index is 661. The Kier molecular flexibility index (Phi) is 4.34. The average molecular weight is 295 g/mol. The third kappa shape index (κ3) is 3.42. The van der Waals surface area contributed by atoms with Gasteiger partial charge in [0.2, 0.25) is 0 Å². The van der Waals surface area contributed by atoms with Crippen LogP contribution in [0.25, 0.3) is 0 Å². The first-order chi connectivity index (χ1) is 9.13. The number of rotatable bonds is 5. The van der Waals surface area contributed by atoms with Gasteiger partial charge in [-0.05, 0) is 30.5 Å². The lowest BCUT2D eigenvalue weighted by atomic mass is 10.2. The Hall–Kier alpha value is -1.66. The number of thiophene rings is 1. The molecule has 0 spiro atoms. The number of sulfonamides is 1. The fourth-order valence-electron chi connectivity index (χ4n) is 1.46. The Balaban J connectivity index is 2.29. The van der Waals surface area contributed by atoms with Gasteiger partial charge in [0.05, 0.1) is 12.8 Å². The zero-order chi connectivity index (χ0) is 13.7. The lowest BCUT2D eigenvalue weighted by Crippen LogP contribution is -1.98. The highest BCUT2D eigenvalue weighted by molar-refractivity contribution is 7.92. The first-order valence-corrected chi connectivity index (χ1v) is 8.01. The van der Waals surface area contributed by atoms with Crippen molar-refractivity contribution in [2.24, 2.45) is 4.40 Å². The van der Waals surface area contributed by atoms with Crippen molar-refractivity contribution in [3.63, 3.8) is 0 Å². The second kappa shape index (κ2) is 5.99. The molecule has 100 valence electrons. The monoisotopic (exact) mass is 295 g/mol. The van der Waals surface area contributed by atoms with E-state index < -0.39 is 10.0 Å². The van der Waals surface area contributed by atoms with Crippen molar-refractivity contribution in [2.45, 2.75) is 11.1 Å². The van der Waals surface area contributed by atoms with Gasteiger partial charge in [-0.3, -0.25) is 0 Å². The van der Waals surface area contributed by atoms with E-state index in [2.05, 4.69) is 4.40 Å². The summed E-state index contributed by atoms with van der Waals surface area (Å²) in [7, 11) is -3.61. The van der Waals surface area contributed by atoms with Gasteiger partial charge >= 0.3 is 0 Å². The van der Waals surface area contributed by atoms with Crippen molar-refractivity contribution in [2.75, 3.05) is 6.61 Å². The number of para-hydroxylation sites is 1. The minimum Gasteiger partial charge on any atom is -0.493 e. The number of hydrogen-bond donors (Lipinski definition) is 0. The topological polar surface area (TPSA) is 55.7 Å². The third-order valence-corrected chi connectivity index (χ3v) is 4.91. The standard InChI is InChI=1S/C13H13NO3S2/c1-2-17-12-7-4-3-6-11(12)10-14-19(15,16)13-8-5-9-18-13/h3-10H,2H2,1H3/b14-10-. The van der Waals surface area contributed by atoms with E-state index in [-0.39, 0.29) is 4.21 Å². The Morgan fingerprint density at radius 3 is 2.74 bits per heavy atom. The summed E-state index contributed by atoms with van der Waals surface area (Å²) in [6.45, 7) is 2.39. The van der Waals surface area contributed by atoms with Gasteiger partial charge in [0.1, 0.15) is 9.96 Å². The molecule has 0 saturated heterocycles. The van der Waals surface area contributed by atoms with Gasteiger partial charge in [-0.15, -0.1) is 11.3 Å². The van der Waals surface area contributed by atoms with Crippen LogP contribution in [-0.2, 0) is 10.0 Å². The summed E-state index contributed by atoms with van der Waals surface area (Å²) in [5.41, 5.74) is 0.643. The third-order valence-electron chi connectivity index (χ3n) is 2.30. The molecule has 0 unspecified atom stereocenters. The molecular formula is C13H13NO3S2. The fourth-order valence-corrected chi connectivity index (χ4v) is 3.30. The van der Waals surface area contributed by atoms with E-state index in [1.54, 1.807) is 23.6 Å². The highest BCUT2D eigenvalue weighted by Gasteiger charge is 2.12. The molecule has 2 rings (SSSR count). The normalized spacial score (nSPS) is 11.8. The van der Waals surface area contributed by atoms with Gasteiger partial charge in [0.15, 0.2) is 0 Å². The molecule has 1 aromatic heterocycles. The van der Waals surface area contributed by atoms with Crippen molar-refractivity contribution >= 4 is 27.6 Å². The molecule has 0 aliphatic carbocycles. The van der Waals surface area contributed by atoms with Crippen LogP contribution in [0.15, 0.2) is 50.4 Å². The number of nitrogens with zero attached hydrogens (tertiary/aromatic N) is 1. The SMILES string of the molecule is CCOc1ccccc1/C=N\S(=O)(=O)c1cccs1. The Morgan fingerprint density at radius 1 is 1.26 bits per heavy atom. The van der Waals surface area contributed by atoms with Crippen LogP contribution in [0.5, 0.6) is 5.75 Å². The molecule has 0 amide bonds. The van der Waals surface area contributed by atoms with Gasteiger partial charge in [-0.25, -0.2) is 0 Å². The van der Waals surface area contributed by atoms with E-state index in [0.29, 0.717) is 17.9 Å². The van der Waals surface area contributed by atoms with Crippen LogP contribution in [-0.4, -0.2) is 21.2 Å². The maximum Gasteiger partial charge on any atom is 0.291 e. The van der Waals surface area contributed by atoms with E-state index in [9.17, 15) is 8.42 Å². The summed E-state index contributed by atoms with van der Waals surface area (Å²) in [4.78, 5) is 0. The lowest BCUT2D eigenvalue weighted by molar-refractivity contribution is 0.340. The van der Waals surface area contributed by atoms with Crippen molar-refractivity contribution < 1.29 is 13.2 Å². The van der Waals surface area contributed by atoms with E-state index in [1.165, 1.54) is 12.3 Å². The smallest absolute Gasteiger partial charge is 0.291 e. The summed E-state index contributed by atoms with van der Waals surface area (Å²) >= 11 is 1.15. The summed E-state index contributed by atoms with van der Waals surface area (Å²) in [5.74, 6) is 0.620. The van der Waals surface area contributed by atoms with Crippen molar-refractivity contribution in [1.29, 1.82) is 0 Å². The summed E-state index contributed by atoms with van der Waals surface area (Å²) in [5, 5.41) is 1.70. The van der Waals surface area contributed by atoms with Crippen LogP contribution in [0, 0.1) is 0 Å². The zero-order valence-corrected chi connectivity index (χ0v) is 11.9. The first-order valence-electron chi connectivity index (χ1n) is 5.69. The molecule has 0 bridgehead atoms. The van der Waals surface area contributed by atoms with E-state index in [0.717, 1.165) is 11.3 Å².